The monoisotopic (exact) mass is 582 g/mol. The Bertz CT molecular complexity index is 1380. The van der Waals surface area contributed by atoms with Gasteiger partial charge in [-0.3, -0.25) is 4.79 Å². The van der Waals surface area contributed by atoms with Crippen LogP contribution in [0.2, 0.25) is 0 Å². The van der Waals surface area contributed by atoms with Crippen LogP contribution < -0.4 is 9.47 Å². The Hall–Kier alpha value is -3.35. The van der Waals surface area contributed by atoms with Crippen LogP contribution in [0, 0.1) is 0 Å². The second-order valence-electron chi connectivity index (χ2n) is 8.45. The second kappa shape index (κ2) is 13.1. The maximum absolute atomic E-state index is 13.5. The van der Waals surface area contributed by atoms with E-state index in [1.807, 2.05) is 23.6 Å². The van der Waals surface area contributed by atoms with Gasteiger partial charge in [0, 0.05) is 18.0 Å². The van der Waals surface area contributed by atoms with E-state index in [1.165, 1.54) is 36.5 Å². The Kier molecular flexibility index (Phi) is 10.2. The van der Waals surface area contributed by atoms with Crippen LogP contribution >= 0.6 is 11.3 Å². The summed E-state index contributed by atoms with van der Waals surface area (Å²) in [4.78, 5) is 15.3. The maximum Gasteiger partial charge on any atom is 0.416 e. The number of ether oxygens (including phenoxy) is 2. The number of halogens is 3. The summed E-state index contributed by atoms with van der Waals surface area (Å²) in [7, 11) is -1.38. The number of alkyl halides is 3. The molecule has 0 saturated heterocycles. The Balaban J connectivity index is 1.85. The summed E-state index contributed by atoms with van der Waals surface area (Å²) >= 11 is 1.45. The molecular formula is C27H29F3N2O5S2. The molecule has 0 aliphatic carbocycles. The predicted molar refractivity (Wildman–Crippen MR) is 143 cm³/mol. The van der Waals surface area contributed by atoms with Crippen molar-refractivity contribution in [2.45, 2.75) is 24.0 Å². The lowest BCUT2D eigenvalue weighted by Crippen LogP contribution is -2.43. The van der Waals surface area contributed by atoms with Gasteiger partial charge in [0.25, 0.3) is 0 Å². The number of benzene rings is 2. The quantitative estimate of drug-likeness (QED) is 0.258. The minimum absolute atomic E-state index is 0.245. The molecular weight excluding hydrogens is 553 g/mol. The topological polar surface area (TPSA) is 76.2 Å². The zero-order valence-electron chi connectivity index (χ0n) is 21.5. The summed E-state index contributed by atoms with van der Waals surface area (Å²) in [6, 6.07) is 12.6. The molecule has 39 heavy (non-hydrogen) atoms. The van der Waals surface area contributed by atoms with Crippen molar-refractivity contribution < 1.29 is 35.9 Å². The Morgan fingerprint density at radius 2 is 1.79 bits per heavy atom. The van der Waals surface area contributed by atoms with Gasteiger partial charge >= 0.3 is 6.18 Å². The molecule has 3 rings (SSSR count). The first-order valence-corrected chi connectivity index (χ1v) is 14.1. The number of carbonyl (C=O) groups is 1. The highest BCUT2D eigenvalue weighted by Gasteiger charge is 2.33. The van der Waals surface area contributed by atoms with Gasteiger partial charge in [-0.1, -0.05) is 24.3 Å². The van der Waals surface area contributed by atoms with E-state index in [2.05, 4.69) is 6.58 Å². The van der Waals surface area contributed by atoms with Crippen molar-refractivity contribution in [2.24, 2.45) is 0 Å². The molecule has 0 N–H and O–H groups in total. The Labute approximate surface area is 230 Å². The number of thiophene rings is 1. The van der Waals surface area contributed by atoms with Gasteiger partial charge in [-0.15, -0.1) is 17.9 Å². The molecule has 0 aliphatic heterocycles. The summed E-state index contributed by atoms with van der Waals surface area (Å²) in [6.45, 7) is 3.23. The molecule has 2 aromatic carbocycles. The van der Waals surface area contributed by atoms with Crippen LogP contribution in [0.5, 0.6) is 11.5 Å². The minimum atomic E-state index is -4.72. The molecule has 0 aliphatic rings. The molecule has 0 radical (unpaired) electrons. The largest absolute Gasteiger partial charge is 0.493 e. The number of sulfonamides is 1. The van der Waals surface area contributed by atoms with E-state index in [1.54, 1.807) is 12.1 Å². The highest BCUT2D eigenvalue weighted by Crippen LogP contribution is 2.31. The standard InChI is InChI=1S/C27H29F3N2O5S2/c1-4-13-32(39(34,35)23-9-5-7-21(17-23)27(28,29)30)19-26(33)31(18-22-8-6-15-38-22)14-12-20-10-11-24(36-2)25(16-20)37-3/h4-11,15-17H,1,12-14,18-19H2,2-3H3. The smallest absolute Gasteiger partial charge is 0.416 e. The number of amides is 1. The second-order valence-corrected chi connectivity index (χ2v) is 11.4. The zero-order chi connectivity index (χ0) is 28.6. The van der Waals surface area contributed by atoms with Gasteiger partial charge in [-0.25, -0.2) is 8.42 Å². The zero-order valence-corrected chi connectivity index (χ0v) is 23.1. The first-order valence-electron chi connectivity index (χ1n) is 11.8. The molecule has 0 atom stereocenters. The lowest BCUT2D eigenvalue weighted by Gasteiger charge is -2.27. The summed E-state index contributed by atoms with van der Waals surface area (Å²) in [5.41, 5.74) is -0.223. The van der Waals surface area contributed by atoms with E-state index in [9.17, 15) is 26.4 Å². The highest BCUT2D eigenvalue weighted by atomic mass is 32.2. The van der Waals surface area contributed by atoms with Gasteiger partial charge in [0.05, 0.1) is 37.8 Å². The van der Waals surface area contributed by atoms with Crippen LogP contribution in [0.1, 0.15) is 16.0 Å². The third-order valence-corrected chi connectivity index (χ3v) is 8.51. The van der Waals surface area contributed by atoms with Crippen molar-refractivity contribution in [2.75, 3.05) is 33.9 Å². The SMILES string of the molecule is C=CCN(CC(=O)N(CCc1ccc(OC)c(OC)c1)Cc1cccs1)S(=O)(=O)c1cccc(C(F)(F)F)c1. The van der Waals surface area contributed by atoms with Crippen molar-refractivity contribution in [1.29, 1.82) is 0 Å². The predicted octanol–water partition coefficient (Wildman–Crippen LogP) is 5.23. The number of hydrogen-bond donors (Lipinski definition) is 0. The summed E-state index contributed by atoms with van der Waals surface area (Å²) in [6.07, 6.45) is -2.99. The van der Waals surface area contributed by atoms with Gasteiger partial charge < -0.3 is 14.4 Å². The molecule has 0 bridgehead atoms. The Morgan fingerprint density at radius 3 is 2.41 bits per heavy atom. The van der Waals surface area contributed by atoms with Crippen molar-refractivity contribution in [3.8, 4) is 11.5 Å². The van der Waals surface area contributed by atoms with Crippen LogP contribution in [-0.2, 0) is 34.0 Å². The molecule has 1 aromatic heterocycles. The van der Waals surface area contributed by atoms with Crippen molar-refractivity contribution in [3.05, 3.63) is 88.6 Å². The number of nitrogens with zero attached hydrogens (tertiary/aromatic N) is 2. The van der Waals surface area contributed by atoms with E-state index in [0.717, 1.165) is 32.9 Å². The molecule has 1 heterocycles. The molecule has 7 nitrogen and oxygen atoms in total. The van der Waals surface area contributed by atoms with Crippen LogP contribution in [0.15, 0.2) is 77.5 Å². The lowest BCUT2D eigenvalue weighted by atomic mass is 10.1. The van der Waals surface area contributed by atoms with Crippen LogP contribution in [0.4, 0.5) is 13.2 Å². The molecule has 0 unspecified atom stereocenters. The van der Waals surface area contributed by atoms with Gasteiger partial charge in [0.2, 0.25) is 15.9 Å². The van der Waals surface area contributed by atoms with Crippen molar-refractivity contribution >= 4 is 27.3 Å². The molecule has 0 saturated carbocycles. The molecule has 1 amide bonds. The number of methoxy groups -OCH3 is 2. The molecule has 0 spiro atoms. The highest BCUT2D eigenvalue weighted by molar-refractivity contribution is 7.89. The average Bonchev–Trinajstić information content (AvgIpc) is 3.43. The van der Waals surface area contributed by atoms with E-state index in [4.69, 9.17) is 9.47 Å². The van der Waals surface area contributed by atoms with Crippen LogP contribution in [0.3, 0.4) is 0 Å². The number of carbonyl (C=O) groups excluding carboxylic acids is 1. The van der Waals surface area contributed by atoms with Crippen molar-refractivity contribution in [3.63, 3.8) is 0 Å². The lowest BCUT2D eigenvalue weighted by molar-refractivity contribution is -0.137. The Morgan fingerprint density at radius 1 is 1.05 bits per heavy atom. The maximum atomic E-state index is 13.5. The first-order chi connectivity index (χ1) is 18.5. The van der Waals surface area contributed by atoms with Crippen LogP contribution in [0.25, 0.3) is 0 Å². The fraction of sp³-hybridized carbons (Fsp3) is 0.296. The van der Waals surface area contributed by atoms with E-state index >= 15 is 0 Å². The average molecular weight is 583 g/mol. The summed E-state index contributed by atoms with van der Waals surface area (Å²) in [5.74, 6) is 0.601. The van der Waals surface area contributed by atoms with Gasteiger partial charge in [0.15, 0.2) is 11.5 Å². The van der Waals surface area contributed by atoms with E-state index in [-0.39, 0.29) is 19.6 Å². The third kappa shape index (κ3) is 7.84. The first kappa shape index (κ1) is 30.2. The van der Waals surface area contributed by atoms with E-state index < -0.39 is 39.1 Å². The van der Waals surface area contributed by atoms with Gasteiger partial charge in [-0.2, -0.15) is 17.5 Å². The van der Waals surface area contributed by atoms with Crippen LogP contribution in [-0.4, -0.2) is 57.4 Å². The van der Waals surface area contributed by atoms with E-state index in [0.29, 0.717) is 24.0 Å². The molecule has 3 aromatic rings. The number of hydrogen-bond acceptors (Lipinski definition) is 6. The molecule has 0 fully saturated rings. The third-order valence-electron chi connectivity index (χ3n) is 5.84. The van der Waals surface area contributed by atoms with Gasteiger partial charge in [0.1, 0.15) is 0 Å². The van der Waals surface area contributed by atoms with Crippen molar-refractivity contribution in [1.82, 2.24) is 9.21 Å². The summed E-state index contributed by atoms with van der Waals surface area (Å²) < 4.78 is 77.7. The fourth-order valence-electron chi connectivity index (χ4n) is 3.81. The van der Waals surface area contributed by atoms with Gasteiger partial charge in [-0.05, 0) is 53.8 Å². The fourth-order valence-corrected chi connectivity index (χ4v) is 5.93. The molecule has 12 heteroatoms. The number of rotatable bonds is 13. The normalized spacial score (nSPS) is 11.8. The molecule has 210 valence electrons. The summed E-state index contributed by atoms with van der Waals surface area (Å²) in [5, 5.41) is 1.87. The minimum Gasteiger partial charge on any atom is -0.493 e.